The van der Waals surface area contributed by atoms with E-state index in [4.69, 9.17) is 9.47 Å². The van der Waals surface area contributed by atoms with E-state index in [0.717, 1.165) is 11.1 Å². The summed E-state index contributed by atoms with van der Waals surface area (Å²) < 4.78 is 10.7. The highest BCUT2D eigenvalue weighted by Gasteiger charge is 2.28. The highest BCUT2D eigenvalue weighted by atomic mass is 16.5. The molecule has 0 radical (unpaired) electrons. The topological polar surface area (TPSA) is 55.8 Å². The summed E-state index contributed by atoms with van der Waals surface area (Å²) in [5.74, 6) is 0.369. The van der Waals surface area contributed by atoms with Gasteiger partial charge in [-0.2, -0.15) is 0 Å². The van der Waals surface area contributed by atoms with E-state index in [1.165, 1.54) is 0 Å². The fraction of sp³-hybridized carbons (Fsp3) is 0.364. The van der Waals surface area contributed by atoms with E-state index in [2.05, 4.69) is 12.1 Å². The zero-order valence-corrected chi connectivity index (χ0v) is 15.6. The molecule has 27 heavy (non-hydrogen) atoms. The Labute approximate surface area is 159 Å². The zero-order valence-electron chi connectivity index (χ0n) is 15.6. The van der Waals surface area contributed by atoms with Gasteiger partial charge in [-0.1, -0.05) is 42.5 Å². The lowest BCUT2D eigenvalue weighted by molar-refractivity contribution is -0.151. The molecule has 0 aromatic heterocycles. The van der Waals surface area contributed by atoms with Gasteiger partial charge in [0.05, 0.1) is 12.5 Å². The Bertz CT molecular complexity index is 750. The lowest BCUT2D eigenvalue weighted by atomic mass is 9.97. The molecule has 0 atom stereocenters. The summed E-state index contributed by atoms with van der Waals surface area (Å²) in [4.78, 5) is 25.9. The molecule has 1 amide bonds. The quantitative estimate of drug-likeness (QED) is 0.733. The van der Waals surface area contributed by atoms with Crippen molar-refractivity contribution in [3.63, 3.8) is 0 Å². The van der Waals surface area contributed by atoms with Gasteiger partial charge in [-0.15, -0.1) is 0 Å². The lowest BCUT2D eigenvalue weighted by Gasteiger charge is -2.30. The highest BCUT2D eigenvalue weighted by Crippen LogP contribution is 2.22. The first kappa shape index (κ1) is 19.0. The van der Waals surface area contributed by atoms with Gasteiger partial charge in [-0.25, -0.2) is 0 Å². The van der Waals surface area contributed by atoms with Crippen LogP contribution in [0.4, 0.5) is 0 Å². The number of carbonyl (C=O) groups is 2. The van der Waals surface area contributed by atoms with E-state index < -0.39 is 0 Å². The van der Waals surface area contributed by atoms with E-state index in [0.29, 0.717) is 38.3 Å². The predicted octanol–water partition coefficient (Wildman–Crippen LogP) is 3.53. The number of nitrogens with zero attached hydrogens (tertiary/aromatic N) is 1. The molecule has 0 saturated carbocycles. The Morgan fingerprint density at radius 2 is 1.59 bits per heavy atom. The van der Waals surface area contributed by atoms with E-state index in [1.54, 1.807) is 11.8 Å². The largest absolute Gasteiger partial charge is 0.484 e. The summed E-state index contributed by atoms with van der Waals surface area (Å²) in [6, 6.07) is 17.8. The van der Waals surface area contributed by atoms with Crippen molar-refractivity contribution in [2.24, 2.45) is 5.92 Å². The average molecular weight is 367 g/mol. The normalized spacial score (nSPS) is 14.6. The standard InChI is InChI=1S/C22H25NO4/c1-2-26-22(25)19-12-14-23(15-13-19)21(24)16-27-20-10-8-18(9-11-20)17-6-4-3-5-7-17/h3-11,19H,2,12-16H2,1H3. The maximum atomic E-state index is 12.3. The second kappa shape index (κ2) is 9.21. The number of esters is 1. The molecule has 0 N–H and O–H groups in total. The molecule has 3 rings (SSSR count). The molecule has 1 saturated heterocycles. The van der Waals surface area contributed by atoms with Gasteiger partial charge in [0.15, 0.2) is 6.61 Å². The van der Waals surface area contributed by atoms with Crippen LogP contribution in [-0.2, 0) is 14.3 Å². The number of rotatable bonds is 6. The van der Waals surface area contributed by atoms with Gasteiger partial charge in [0.1, 0.15) is 5.75 Å². The third-order valence-corrected chi connectivity index (χ3v) is 4.79. The third kappa shape index (κ3) is 5.09. The summed E-state index contributed by atoms with van der Waals surface area (Å²) in [5, 5.41) is 0. The fourth-order valence-corrected chi connectivity index (χ4v) is 3.24. The van der Waals surface area contributed by atoms with Gasteiger partial charge in [-0.05, 0) is 43.0 Å². The van der Waals surface area contributed by atoms with Crippen LogP contribution in [-0.4, -0.2) is 43.1 Å². The molecule has 5 heteroatoms. The molecule has 5 nitrogen and oxygen atoms in total. The van der Waals surface area contributed by atoms with Crippen LogP contribution < -0.4 is 4.74 Å². The molecule has 0 bridgehead atoms. The Balaban J connectivity index is 1.46. The fourth-order valence-electron chi connectivity index (χ4n) is 3.24. The molecule has 1 heterocycles. The van der Waals surface area contributed by atoms with Crippen molar-refractivity contribution < 1.29 is 19.1 Å². The first-order valence-corrected chi connectivity index (χ1v) is 9.40. The molecular weight excluding hydrogens is 342 g/mol. The van der Waals surface area contributed by atoms with Gasteiger partial charge >= 0.3 is 5.97 Å². The molecule has 1 fully saturated rings. The minimum Gasteiger partial charge on any atom is -0.484 e. The number of amides is 1. The van der Waals surface area contributed by atoms with Crippen molar-refractivity contribution in [3.8, 4) is 16.9 Å². The van der Waals surface area contributed by atoms with Crippen LogP contribution in [0.5, 0.6) is 5.75 Å². The lowest BCUT2D eigenvalue weighted by Crippen LogP contribution is -2.42. The molecule has 0 aliphatic carbocycles. The summed E-state index contributed by atoms with van der Waals surface area (Å²) in [6.07, 6.45) is 1.30. The minimum absolute atomic E-state index is 0.00869. The Hall–Kier alpha value is -2.82. The summed E-state index contributed by atoms with van der Waals surface area (Å²) in [6.45, 7) is 3.35. The number of carbonyl (C=O) groups excluding carboxylic acids is 2. The van der Waals surface area contributed by atoms with Crippen molar-refractivity contribution >= 4 is 11.9 Å². The van der Waals surface area contributed by atoms with Crippen molar-refractivity contribution in [2.75, 3.05) is 26.3 Å². The Kier molecular flexibility index (Phi) is 6.47. The van der Waals surface area contributed by atoms with Gasteiger partial charge < -0.3 is 14.4 Å². The first-order valence-electron chi connectivity index (χ1n) is 9.40. The molecule has 2 aromatic rings. The zero-order chi connectivity index (χ0) is 19.1. The van der Waals surface area contributed by atoms with Crippen molar-refractivity contribution in [1.82, 2.24) is 4.90 Å². The second-order valence-electron chi connectivity index (χ2n) is 6.59. The van der Waals surface area contributed by atoms with Gasteiger partial charge in [-0.3, -0.25) is 9.59 Å². The molecule has 142 valence electrons. The van der Waals surface area contributed by atoms with Gasteiger partial charge in [0.25, 0.3) is 5.91 Å². The predicted molar refractivity (Wildman–Crippen MR) is 103 cm³/mol. The van der Waals surface area contributed by atoms with E-state index in [-0.39, 0.29) is 24.4 Å². The van der Waals surface area contributed by atoms with Gasteiger partial charge in [0, 0.05) is 13.1 Å². The van der Waals surface area contributed by atoms with Crippen LogP contribution in [0.3, 0.4) is 0 Å². The van der Waals surface area contributed by atoms with Crippen molar-refractivity contribution in [2.45, 2.75) is 19.8 Å². The van der Waals surface area contributed by atoms with Crippen molar-refractivity contribution in [1.29, 1.82) is 0 Å². The maximum Gasteiger partial charge on any atom is 0.309 e. The number of piperidine rings is 1. The number of likely N-dealkylation sites (tertiary alicyclic amines) is 1. The van der Waals surface area contributed by atoms with Crippen LogP contribution in [0.2, 0.25) is 0 Å². The smallest absolute Gasteiger partial charge is 0.309 e. The van der Waals surface area contributed by atoms with Crippen LogP contribution in [0.15, 0.2) is 54.6 Å². The highest BCUT2D eigenvalue weighted by molar-refractivity contribution is 5.78. The monoisotopic (exact) mass is 367 g/mol. The molecule has 1 aliphatic heterocycles. The number of hydrogen-bond donors (Lipinski definition) is 0. The number of benzene rings is 2. The third-order valence-electron chi connectivity index (χ3n) is 4.79. The van der Waals surface area contributed by atoms with Crippen LogP contribution >= 0.6 is 0 Å². The summed E-state index contributed by atoms with van der Waals surface area (Å²) in [7, 11) is 0. The molecule has 0 spiro atoms. The summed E-state index contributed by atoms with van der Waals surface area (Å²) in [5.41, 5.74) is 2.25. The van der Waals surface area contributed by atoms with Crippen LogP contribution in [0, 0.1) is 5.92 Å². The second-order valence-corrected chi connectivity index (χ2v) is 6.59. The van der Waals surface area contributed by atoms with Crippen molar-refractivity contribution in [3.05, 3.63) is 54.6 Å². The summed E-state index contributed by atoms with van der Waals surface area (Å²) >= 11 is 0. The average Bonchev–Trinajstić information content (AvgIpc) is 2.73. The Morgan fingerprint density at radius 3 is 2.22 bits per heavy atom. The first-order chi connectivity index (χ1) is 13.2. The number of hydrogen-bond acceptors (Lipinski definition) is 4. The number of ether oxygens (including phenoxy) is 2. The molecular formula is C22H25NO4. The SMILES string of the molecule is CCOC(=O)C1CCN(C(=O)COc2ccc(-c3ccccc3)cc2)CC1. The van der Waals surface area contributed by atoms with E-state index in [9.17, 15) is 9.59 Å². The Morgan fingerprint density at radius 1 is 0.963 bits per heavy atom. The van der Waals surface area contributed by atoms with E-state index >= 15 is 0 Å². The maximum absolute atomic E-state index is 12.3. The van der Waals surface area contributed by atoms with Gasteiger partial charge in [0.2, 0.25) is 0 Å². The molecule has 0 unspecified atom stereocenters. The molecule has 2 aromatic carbocycles. The van der Waals surface area contributed by atoms with E-state index in [1.807, 2.05) is 42.5 Å². The molecule has 1 aliphatic rings. The van der Waals surface area contributed by atoms with Crippen LogP contribution in [0.1, 0.15) is 19.8 Å². The minimum atomic E-state index is -0.153. The van der Waals surface area contributed by atoms with Crippen LogP contribution in [0.25, 0.3) is 11.1 Å².